The molecule has 6 heteroatoms. The summed E-state index contributed by atoms with van der Waals surface area (Å²) in [5, 5.41) is 13.7. The van der Waals surface area contributed by atoms with Crippen molar-refractivity contribution in [2.45, 2.75) is 52.0 Å². The molecular formula is C12H20N4O2. The summed E-state index contributed by atoms with van der Waals surface area (Å²) in [6.07, 6.45) is 8.00. The smallest absolute Gasteiger partial charge is 0.305 e. The first-order chi connectivity index (χ1) is 8.67. The van der Waals surface area contributed by atoms with E-state index in [0.29, 0.717) is 12.0 Å². The lowest BCUT2D eigenvalue weighted by molar-refractivity contribution is -0.385. The Balaban J connectivity index is 2.59. The Kier molecular flexibility index (Phi) is 6.04. The molecule has 6 nitrogen and oxygen atoms in total. The number of aromatic nitrogens is 2. The van der Waals surface area contributed by atoms with Gasteiger partial charge in [-0.15, -0.1) is 0 Å². The van der Waals surface area contributed by atoms with Crippen LogP contribution in [0.1, 0.15) is 46.0 Å². The summed E-state index contributed by atoms with van der Waals surface area (Å²) in [6, 6.07) is 0.344. The monoisotopic (exact) mass is 252 g/mol. The molecule has 0 fully saturated rings. The minimum Gasteiger partial charge on any atom is -0.351 e. The zero-order valence-electron chi connectivity index (χ0n) is 10.9. The second kappa shape index (κ2) is 7.58. The van der Waals surface area contributed by atoms with Crippen LogP contribution in [0.3, 0.4) is 0 Å². The third-order valence-electron chi connectivity index (χ3n) is 2.73. The number of hydrogen-bond acceptors (Lipinski definition) is 5. The van der Waals surface area contributed by atoms with Crippen LogP contribution in [0.15, 0.2) is 12.4 Å². The molecule has 0 amide bonds. The zero-order chi connectivity index (χ0) is 13.4. The Bertz CT molecular complexity index is 367. The van der Waals surface area contributed by atoms with Gasteiger partial charge in [0.05, 0.1) is 4.92 Å². The zero-order valence-corrected chi connectivity index (χ0v) is 10.9. The highest BCUT2D eigenvalue weighted by Crippen LogP contribution is 2.13. The number of nitro groups is 1. The summed E-state index contributed by atoms with van der Waals surface area (Å²) in [5.74, 6) is 0.468. The first kappa shape index (κ1) is 14.3. The molecule has 18 heavy (non-hydrogen) atoms. The summed E-state index contributed by atoms with van der Waals surface area (Å²) in [7, 11) is 0. The van der Waals surface area contributed by atoms with Crippen LogP contribution in [0.25, 0.3) is 0 Å². The second-order valence-electron chi connectivity index (χ2n) is 4.29. The van der Waals surface area contributed by atoms with E-state index in [9.17, 15) is 10.1 Å². The van der Waals surface area contributed by atoms with Crippen LogP contribution in [-0.2, 0) is 0 Å². The van der Waals surface area contributed by atoms with Crippen molar-refractivity contribution in [2.75, 3.05) is 5.32 Å². The summed E-state index contributed by atoms with van der Waals surface area (Å²) in [5.41, 5.74) is -0.0823. The van der Waals surface area contributed by atoms with Gasteiger partial charge < -0.3 is 5.32 Å². The molecule has 100 valence electrons. The molecule has 1 aromatic heterocycles. The van der Waals surface area contributed by atoms with Gasteiger partial charge >= 0.3 is 5.69 Å². The van der Waals surface area contributed by atoms with Crippen molar-refractivity contribution in [3.05, 3.63) is 22.5 Å². The maximum atomic E-state index is 10.5. The van der Waals surface area contributed by atoms with E-state index in [-0.39, 0.29) is 5.69 Å². The molecular weight excluding hydrogens is 232 g/mol. The van der Waals surface area contributed by atoms with E-state index in [1.165, 1.54) is 12.4 Å². The fourth-order valence-corrected chi connectivity index (χ4v) is 1.76. The van der Waals surface area contributed by atoms with Crippen molar-refractivity contribution in [3.63, 3.8) is 0 Å². The molecule has 1 rings (SSSR count). The van der Waals surface area contributed by atoms with Gasteiger partial charge in [0.25, 0.3) is 0 Å². The Morgan fingerprint density at radius 3 is 2.44 bits per heavy atom. The predicted octanol–water partition coefficient (Wildman–Crippen LogP) is 3.16. The van der Waals surface area contributed by atoms with Gasteiger partial charge in [-0.3, -0.25) is 10.1 Å². The minimum atomic E-state index is -0.496. The first-order valence-electron chi connectivity index (χ1n) is 6.40. The van der Waals surface area contributed by atoms with Crippen LogP contribution < -0.4 is 5.32 Å². The van der Waals surface area contributed by atoms with E-state index in [1.54, 1.807) is 0 Å². The normalized spacial score (nSPS) is 12.1. The van der Waals surface area contributed by atoms with E-state index < -0.39 is 4.92 Å². The number of anilines is 1. The molecule has 0 aliphatic heterocycles. The molecule has 0 aliphatic carbocycles. The van der Waals surface area contributed by atoms with Gasteiger partial charge in [0.1, 0.15) is 12.4 Å². The fraction of sp³-hybridized carbons (Fsp3) is 0.667. The van der Waals surface area contributed by atoms with Crippen molar-refractivity contribution < 1.29 is 4.92 Å². The van der Waals surface area contributed by atoms with E-state index in [4.69, 9.17) is 0 Å². The van der Waals surface area contributed by atoms with E-state index in [0.717, 1.165) is 32.1 Å². The van der Waals surface area contributed by atoms with E-state index >= 15 is 0 Å². The summed E-state index contributed by atoms with van der Waals surface area (Å²) < 4.78 is 0. The molecule has 1 aromatic rings. The quantitative estimate of drug-likeness (QED) is 0.567. The summed E-state index contributed by atoms with van der Waals surface area (Å²) in [4.78, 5) is 17.9. The van der Waals surface area contributed by atoms with Crippen molar-refractivity contribution in [3.8, 4) is 0 Å². The molecule has 0 radical (unpaired) electrons. The third kappa shape index (κ3) is 4.65. The molecule has 1 heterocycles. The lowest BCUT2D eigenvalue weighted by Crippen LogP contribution is -2.20. The van der Waals surface area contributed by atoms with Crippen molar-refractivity contribution in [1.29, 1.82) is 0 Å². The Morgan fingerprint density at radius 1 is 1.28 bits per heavy atom. The molecule has 1 unspecified atom stereocenters. The van der Waals surface area contributed by atoms with Crippen LogP contribution in [-0.4, -0.2) is 20.9 Å². The van der Waals surface area contributed by atoms with Crippen molar-refractivity contribution >= 4 is 11.6 Å². The van der Waals surface area contributed by atoms with Gasteiger partial charge in [0, 0.05) is 6.04 Å². The van der Waals surface area contributed by atoms with E-state index in [2.05, 4.69) is 29.1 Å². The number of rotatable bonds is 8. The van der Waals surface area contributed by atoms with Gasteiger partial charge in [-0.25, -0.2) is 9.97 Å². The number of unbranched alkanes of at least 4 members (excludes halogenated alkanes) is 1. The maximum absolute atomic E-state index is 10.5. The Morgan fingerprint density at radius 2 is 1.94 bits per heavy atom. The van der Waals surface area contributed by atoms with Crippen LogP contribution in [0, 0.1) is 10.1 Å². The van der Waals surface area contributed by atoms with Crippen LogP contribution in [0.5, 0.6) is 0 Å². The maximum Gasteiger partial charge on any atom is 0.305 e. The van der Waals surface area contributed by atoms with Gasteiger partial charge in [0.15, 0.2) is 0 Å². The van der Waals surface area contributed by atoms with Gasteiger partial charge in [-0.05, 0) is 12.8 Å². The molecule has 1 N–H and O–H groups in total. The highest BCUT2D eigenvalue weighted by molar-refractivity contribution is 5.31. The molecule has 0 saturated carbocycles. The van der Waals surface area contributed by atoms with Crippen LogP contribution >= 0.6 is 0 Å². The molecule has 0 aromatic carbocycles. The van der Waals surface area contributed by atoms with Gasteiger partial charge in [-0.2, -0.15) is 0 Å². The average Bonchev–Trinajstić information content (AvgIpc) is 2.37. The summed E-state index contributed by atoms with van der Waals surface area (Å²) >= 11 is 0. The molecule has 1 atom stereocenters. The summed E-state index contributed by atoms with van der Waals surface area (Å²) in [6.45, 7) is 4.29. The van der Waals surface area contributed by atoms with Crippen molar-refractivity contribution in [2.24, 2.45) is 0 Å². The number of hydrogen-bond donors (Lipinski definition) is 1. The number of nitrogens with one attached hydrogen (secondary N) is 1. The average molecular weight is 252 g/mol. The Hall–Kier alpha value is -1.72. The highest BCUT2D eigenvalue weighted by Gasteiger charge is 2.10. The molecule has 0 aliphatic rings. The largest absolute Gasteiger partial charge is 0.351 e. The van der Waals surface area contributed by atoms with Crippen molar-refractivity contribution in [1.82, 2.24) is 9.97 Å². The van der Waals surface area contributed by atoms with Crippen LogP contribution in [0.2, 0.25) is 0 Å². The second-order valence-corrected chi connectivity index (χ2v) is 4.29. The molecule has 0 saturated heterocycles. The Labute approximate surface area is 107 Å². The van der Waals surface area contributed by atoms with Gasteiger partial charge in [0.2, 0.25) is 5.95 Å². The standard InChI is InChI=1S/C12H20N4O2/c1-3-5-7-10(6-4-2)15-12-13-8-11(9-14-12)16(17)18/h8-10H,3-7H2,1-2H3,(H,13,14,15). The van der Waals surface area contributed by atoms with E-state index in [1.807, 2.05) is 0 Å². The first-order valence-corrected chi connectivity index (χ1v) is 6.40. The topological polar surface area (TPSA) is 81.0 Å². The molecule has 0 bridgehead atoms. The third-order valence-corrected chi connectivity index (χ3v) is 2.73. The lowest BCUT2D eigenvalue weighted by Gasteiger charge is -2.17. The van der Waals surface area contributed by atoms with Gasteiger partial charge in [-0.1, -0.05) is 33.1 Å². The molecule has 0 spiro atoms. The number of nitrogens with zero attached hydrogens (tertiary/aromatic N) is 3. The van der Waals surface area contributed by atoms with Crippen LogP contribution in [0.4, 0.5) is 11.6 Å². The fourth-order valence-electron chi connectivity index (χ4n) is 1.76. The highest BCUT2D eigenvalue weighted by atomic mass is 16.6. The predicted molar refractivity (Wildman–Crippen MR) is 70.5 cm³/mol. The SMILES string of the molecule is CCCCC(CCC)Nc1ncc([N+](=O)[O-])cn1. The minimum absolute atomic E-state index is 0.0823. The lowest BCUT2D eigenvalue weighted by atomic mass is 10.1.